The van der Waals surface area contributed by atoms with Crippen molar-refractivity contribution in [3.8, 4) is 0 Å². The first-order valence-electron chi connectivity index (χ1n) is 10.3. The molecule has 0 bridgehead atoms. The molecule has 0 saturated heterocycles. The van der Waals surface area contributed by atoms with Crippen LogP contribution in [0.2, 0.25) is 0 Å². The molecule has 10 heteroatoms. The van der Waals surface area contributed by atoms with Gasteiger partial charge < -0.3 is 15.3 Å². The van der Waals surface area contributed by atoms with Crippen LogP contribution in [0, 0.1) is 18.6 Å². The monoisotopic (exact) mass is 442 g/mol. The molecule has 1 aromatic carbocycles. The molecule has 3 aromatic rings. The van der Waals surface area contributed by atoms with E-state index in [-0.39, 0.29) is 12.5 Å². The number of anilines is 2. The normalized spacial score (nSPS) is 16.6. The third-order valence-corrected chi connectivity index (χ3v) is 5.43. The van der Waals surface area contributed by atoms with Gasteiger partial charge in [-0.05, 0) is 43.5 Å². The minimum absolute atomic E-state index is 0.258. The van der Waals surface area contributed by atoms with Gasteiger partial charge in [0.2, 0.25) is 5.91 Å². The summed E-state index contributed by atoms with van der Waals surface area (Å²) >= 11 is 0. The summed E-state index contributed by atoms with van der Waals surface area (Å²) < 4.78 is 28.4. The number of fused-ring (bicyclic) bond motifs is 1. The Bertz CT molecular complexity index is 1140. The van der Waals surface area contributed by atoms with E-state index in [2.05, 4.69) is 20.4 Å². The zero-order valence-electron chi connectivity index (χ0n) is 18.0. The van der Waals surface area contributed by atoms with Gasteiger partial charge in [0.05, 0.1) is 24.5 Å². The van der Waals surface area contributed by atoms with E-state index in [1.54, 1.807) is 36.7 Å². The molecular formula is C22H24F2N6O2. The van der Waals surface area contributed by atoms with Gasteiger partial charge >= 0.3 is 0 Å². The van der Waals surface area contributed by atoms with Crippen molar-refractivity contribution in [2.45, 2.75) is 45.4 Å². The first-order valence-corrected chi connectivity index (χ1v) is 10.3. The second-order valence-corrected chi connectivity index (χ2v) is 8.03. The molecule has 0 saturated carbocycles. The molecule has 1 amide bonds. The molecule has 168 valence electrons. The van der Waals surface area contributed by atoms with Crippen molar-refractivity contribution in [3.05, 3.63) is 64.9 Å². The van der Waals surface area contributed by atoms with Crippen molar-refractivity contribution < 1.29 is 18.7 Å². The Hall–Kier alpha value is -3.40. The van der Waals surface area contributed by atoms with Gasteiger partial charge in [0.25, 0.3) is 0 Å². The van der Waals surface area contributed by atoms with E-state index in [9.17, 15) is 18.7 Å². The quantitative estimate of drug-likeness (QED) is 0.608. The molecule has 2 aromatic heterocycles. The van der Waals surface area contributed by atoms with E-state index in [4.69, 9.17) is 0 Å². The highest BCUT2D eigenvalue weighted by atomic mass is 19.1. The fourth-order valence-corrected chi connectivity index (χ4v) is 3.94. The third kappa shape index (κ3) is 4.45. The molecule has 1 aliphatic rings. The van der Waals surface area contributed by atoms with E-state index >= 15 is 0 Å². The van der Waals surface area contributed by atoms with Gasteiger partial charge in [-0.15, -0.1) is 0 Å². The number of nitrogens with zero attached hydrogens (tertiary/aromatic N) is 5. The molecule has 0 radical (unpaired) electrons. The van der Waals surface area contributed by atoms with Crippen molar-refractivity contribution >= 4 is 17.4 Å². The summed E-state index contributed by atoms with van der Waals surface area (Å²) in [7, 11) is 1.73. The molecule has 0 fully saturated rings. The maximum Gasteiger partial charge on any atom is 0.249 e. The van der Waals surface area contributed by atoms with Crippen LogP contribution in [0.4, 0.5) is 20.3 Å². The number of hydrogen-bond acceptors (Lipinski definition) is 6. The van der Waals surface area contributed by atoms with E-state index < -0.39 is 23.8 Å². The topological polar surface area (TPSA) is 96.2 Å². The lowest BCUT2D eigenvalue weighted by Crippen LogP contribution is -2.52. The molecule has 0 aliphatic carbocycles. The SMILES string of the molecule is Cc1nc(CCc2cnn(Cc3cc(F)cc(F)c3)c2)nc2c1NC(=O)[C@H]([C@H](C)O)N2C. The predicted octanol–water partition coefficient (Wildman–Crippen LogP) is 2.23. The maximum absolute atomic E-state index is 13.4. The molecular weight excluding hydrogens is 418 g/mol. The lowest BCUT2D eigenvalue weighted by atomic mass is 10.1. The predicted molar refractivity (Wildman–Crippen MR) is 114 cm³/mol. The number of benzene rings is 1. The average molecular weight is 442 g/mol. The van der Waals surface area contributed by atoms with E-state index in [1.165, 1.54) is 12.1 Å². The van der Waals surface area contributed by atoms with Crippen molar-refractivity contribution in [1.82, 2.24) is 19.7 Å². The largest absolute Gasteiger partial charge is 0.391 e. The summed E-state index contributed by atoms with van der Waals surface area (Å²) in [6.45, 7) is 3.63. The van der Waals surface area contributed by atoms with Crippen LogP contribution in [0.1, 0.15) is 29.6 Å². The maximum atomic E-state index is 13.4. The van der Waals surface area contributed by atoms with Crippen molar-refractivity contribution in [1.29, 1.82) is 0 Å². The van der Waals surface area contributed by atoms with Gasteiger partial charge in [0, 0.05) is 25.7 Å². The highest BCUT2D eigenvalue weighted by Crippen LogP contribution is 2.32. The molecule has 2 atom stereocenters. The summed E-state index contributed by atoms with van der Waals surface area (Å²) in [6.07, 6.45) is 3.83. The summed E-state index contributed by atoms with van der Waals surface area (Å²) in [5.41, 5.74) is 2.62. The lowest BCUT2D eigenvalue weighted by Gasteiger charge is -2.36. The molecule has 3 heterocycles. The van der Waals surface area contributed by atoms with Crippen LogP contribution in [0.25, 0.3) is 0 Å². The van der Waals surface area contributed by atoms with Crippen LogP contribution >= 0.6 is 0 Å². The highest BCUT2D eigenvalue weighted by molar-refractivity contribution is 6.03. The summed E-state index contributed by atoms with van der Waals surface area (Å²) in [6, 6.07) is 2.68. The number of rotatable bonds is 6. The second-order valence-electron chi connectivity index (χ2n) is 8.03. The number of amides is 1. The first kappa shape index (κ1) is 21.8. The van der Waals surface area contributed by atoms with Crippen molar-refractivity contribution in [2.24, 2.45) is 0 Å². The smallest absolute Gasteiger partial charge is 0.249 e. The molecule has 0 spiro atoms. The Labute approximate surface area is 183 Å². The number of likely N-dealkylation sites (N-methyl/N-ethyl adjacent to an activating group) is 1. The minimum atomic E-state index is -0.857. The molecule has 0 unspecified atom stereocenters. The van der Waals surface area contributed by atoms with Crippen LogP contribution in [-0.4, -0.2) is 50.0 Å². The van der Waals surface area contributed by atoms with Gasteiger partial charge in [0.1, 0.15) is 29.2 Å². The average Bonchev–Trinajstić information content (AvgIpc) is 3.13. The van der Waals surface area contributed by atoms with Gasteiger partial charge in [-0.1, -0.05) is 0 Å². The van der Waals surface area contributed by atoms with Crippen LogP contribution in [0.3, 0.4) is 0 Å². The number of aryl methyl sites for hydroxylation is 3. The summed E-state index contributed by atoms with van der Waals surface area (Å²) in [5.74, 6) is -0.354. The highest BCUT2D eigenvalue weighted by Gasteiger charge is 2.36. The van der Waals surface area contributed by atoms with Gasteiger partial charge in [-0.3, -0.25) is 9.48 Å². The number of carbonyl (C=O) groups is 1. The Morgan fingerprint density at radius 1 is 1.16 bits per heavy atom. The standard InChI is InChI=1S/C22H24F2N6O2/c1-12-19-21(29(3)20(13(2)31)22(32)28-19)27-18(26-12)5-4-14-9-25-30(10-14)11-15-6-16(23)8-17(24)7-15/h6-10,13,20,31H,4-5,11H2,1-3H3,(H,28,32)/t13-,20-/m0/s1. The molecule has 4 rings (SSSR count). The van der Waals surface area contributed by atoms with Crippen LogP contribution < -0.4 is 10.2 Å². The molecule has 2 N–H and O–H groups in total. The Balaban J connectivity index is 1.47. The lowest BCUT2D eigenvalue weighted by molar-refractivity contribution is -0.119. The number of aromatic nitrogens is 4. The minimum Gasteiger partial charge on any atom is -0.391 e. The number of halogens is 2. The second kappa shape index (κ2) is 8.62. The number of aliphatic hydroxyl groups excluding tert-OH is 1. The van der Waals surface area contributed by atoms with Crippen LogP contribution in [-0.2, 0) is 24.2 Å². The zero-order chi connectivity index (χ0) is 23.0. The number of hydrogen-bond donors (Lipinski definition) is 2. The van der Waals surface area contributed by atoms with Crippen LogP contribution in [0.5, 0.6) is 0 Å². The fraction of sp³-hybridized carbons (Fsp3) is 0.364. The fourth-order valence-electron chi connectivity index (χ4n) is 3.94. The number of nitrogens with one attached hydrogen (secondary N) is 1. The summed E-state index contributed by atoms with van der Waals surface area (Å²) in [5, 5.41) is 17.0. The van der Waals surface area contributed by atoms with Gasteiger partial charge in [0.15, 0.2) is 5.82 Å². The van der Waals surface area contributed by atoms with Crippen molar-refractivity contribution in [3.63, 3.8) is 0 Å². The van der Waals surface area contributed by atoms with Gasteiger partial charge in [-0.2, -0.15) is 5.10 Å². The van der Waals surface area contributed by atoms with Gasteiger partial charge in [-0.25, -0.2) is 18.7 Å². The zero-order valence-corrected chi connectivity index (χ0v) is 18.0. The van der Waals surface area contributed by atoms with Crippen molar-refractivity contribution in [2.75, 3.05) is 17.3 Å². The molecule has 1 aliphatic heterocycles. The summed E-state index contributed by atoms with van der Waals surface area (Å²) in [4.78, 5) is 23.1. The number of carbonyl (C=O) groups excluding carboxylic acids is 1. The Morgan fingerprint density at radius 2 is 1.88 bits per heavy atom. The Kier molecular flexibility index (Phi) is 5.88. The van der Waals surface area contributed by atoms with Crippen LogP contribution in [0.15, 0.2) is 30.6 Å². The van der Waals surface area contributed by atoms with E-state index in [0.29, 0.717) is 41.4 Å². The van der Waals surface area contributed by atoms with E-state index in [1.807, 2.05) is 6.20 Å². The number of aliphatic hydroxyl groups is 1. The van der Waals surface area contributed by atoms with E-state index in [0.717, 1.165) is 11.6 Å². The molecule has 8 nitrogen and oxygen atoms in total. The first-order chi connectivity index (χ1) is 15.2. The Morgan fingerprint density at radius 3 is 2.56 bits per heavy atom. The third-order valence-electron chi connectivity index (χ3n) is 5.43. The molecule has 32 heavy (non-hydrogen) atoms.